The summed E-state index contributed by atoms with van der Waals surface area (Å²) in [5.41, 5.74) is 7.86. The summed E-state index contributed by atoms with van der Waals surface area (Å²) in [5.74, 6) is 0. The number of fused-ring (bicyclic) bond motifs is 3. The van der Waals surface area contributed by atoms with Crippen molar-refractivity contribution in [2.75, 3.05) is 0 Å². The van der Waals surface area contributed by atoms with Gasteiger partial charge in [-0.2, -0.15) is 0 Å². The lowest BCUT2D eigenvalue weighted by Gasteiger charge is -2.09. The predicted octanol–water partition coefficient (Wildman–Crippen LogP) is 8.01. The molecule has 0 N–H and O–H groups in total. The van der Waals surface area contributed by atoms with Crippen LogP contribution < -0.4 is 0 Å². The monoisotopic (exact) mass is 364 g/mol. The molecule has 4 aromatic carbocycles. The Bertz CT molecular complexity index is 1260. The highest BCUT2D eigenvalue weighted by Gasteiger charge is 2.14. The third kappa shape index (κ3) is 2.75. The van der Waals surface area contributed by atoms with Crippen LogP contribution in [0.2, 0.25) is 0 Å². The molecule has 0 aliphatic carbocycles. The van der Waals surface area contributed by atoms with Gasteiger partial charge in [-0.05, 0) is 65.9 Å². The SMILES string of the molecule is Cc1cc2sc3c(-c4ccccc4)cc(-c4ccccc4)cc3c2cc1C. The van der Waals surface area contributed by atoms with E-state index in [1.54, 1.807) is 0 Å². The lowest BCUT2D eigenvalue weighted by molar-refractivity contribution is 1.37. The summed E-state index contributed by atoms with van der Waals surface area (Å²) in [6.45, 7) is 4.41. The highest BCUT2D eigenvalue weighted by molar-refractivity contribution is 7.26. The zero-order chi connectivity index (χ0) is 18.4. The van der Waals surface area contributed by atoms with Crippen molar-refractivity contribution in [1.29, 1.82) is 0 Å². The minimum atomic E-state index is 1.26. The van der Waals surface area contributed by atoms with Gasteiger partial charge in [0.2, 0.25) is 0 Å². The van der Waals surface area contributed by atoms with E-state index in [1.807, 2.05) is 11.3 Å². The van der Waals surface area contributed by atoms with Crippen molar-refractivity contribution in [3.8, 4) is 22.3 Å². The molecule has 1 heteroatoms. The minimum absolute atomic E-state index is 1.26. The zero-order valence-corrected chi connectivity index (χ0v) is 16.3. The average molecular weight is 365 g/mol. The van der Waals surface area contributed by atoms with Crippen LogP contribution in [0.15, 0.2) is 84.9 Å². The highest BCUT2D eigenvalue weighted by atomic mass is 32.1. The second-order valence-electron chi connectivity index (χ2n) is 7.17. The first-order valence-electron chi connectivity index (χ1n) is 9.29. The molecule has 1 heterocycles. The molecule has 0 saturated heterocycles. The third-order valence-corrected chi connectivity index (χ3v) is 6.58. The summed E-state index contributed by atoms with van der Waals surface area (Å²) in [4.78, 5) is 0. The van der Waals surface area contributed by atoms with Crippen LogP contribution in [0.25, 0.3) is 42.4 Å². The highest BCUT2D eigenvalue weighted by Crippen LogP contribution is 2.43. The maximum Gasteiger partial charge on any atom is 0.0434 e. The van der Waals surface area contributed by atoms with E-state index in [4.69, 9.17) is 0 Å². The molecule has 0 fully saturated rings. The van der Waals surface area contributed by atoms with Crippen molar-refractivity contribution < 1.29 is 0 Å². The molecule has 5 rings (SSSR count). The first-order valence-corrected chi connectivity index (χ1v) is 10.1. The molecule has 130 valence electrons. The normalized spacial score (nSPS) is 11.3. The Hall–Kier alpha value is -2.90. The van der Waals surface area contributed by atoms with Gasteiger partial charge in [-0.1, -0.05) is 60.7 Å². The van der Waals surface area contributed by atoms with Crippen molar-refractivity contribution in [2.45, 2.75) is 13.8 Å². The van der Waals surface area contributed by atoms with E-state index >= 15 is 0 Å². The number of hydrogen-bond acceptors (Lipinski definition) is 1. The Morgan fingerprint density at radius 3 is 1.89 bits per heavy atom. The molecule has 1 aromatic heterocycles. The number of hydrogen-bond donors (Lipinski definition) is 0. The molecule has 0 nitrogen and oxygen atoms in total. The number of rotatable bonds is 2. The van der Waals surface area contributed by atoms with E-state index in [-0.39, 0.29) is 0 Å². The van der Waals surface area contributed by atoms with Gasteiger partial charge < -0.3 is 0 Å². The maximum absolute atomic E-state index is 2.37. The summed E-state index contributed by atoms with van der Waals surface area (Å²) >= 11 is 1.91. The number of benzene rings is 4. The predicted molar refractivity (Wildman–Crippen MR) is 120 cm³/mol. The summed E-state index contributed by atoms with van der Waals surface area (Å²) in [5, 5.41) is 2.73. The molecule has 0 aliphatic rings. The first kappa shape index (κ1) is 16.3. The van der Waals surface area contributed by atoms with Gasteiger partial charge in [0.1, 0.15) is 0 Å². The first-order chi connectivity index (χ1) is 13.2. The van der Waals surface area contributed by atoms with Crippen LogP contribution in [-0.2, 0) is 0 Å². The van der Waals surface area contributed by atoms with Crippen LogP contribution >= 0.6 is 11.3 Å². The van der Waals surface area contributed by atoms with Gasteiger partial charge >= 0.3 is 0 Å². The van der Waals surface area contributed by atoms with Crippen molar-refractivity contribution in [2.24, 2.45) is 0 Å². The fourth-order valence-corrected chi connectivity index (χ4v) is 5.06. The Labute approximate surface area is 163 Å². The minimum Gasteiger partial charge on any atom is -0.135 e. The standard InChI is InChI=1S/C26H20S/c1-17-13-23-24-16-21(19-9-5-3-6-10-19)15-22(20-11-7-4-8-12-20)26(24)27-25(23)14-18(17)2/h3-16H,1-2H3. The number of thiophene rings is 1. The summed E-state index contributed by atoms with van der Waals surface area (Å²) in [6.07, 6.45) is 0. The van der Waals surface area contributed by atoms with Gasteiger partial charge in [-0.3, -0.25) is 0 Å². The molecule has 0 unspecified atom stereocenters. The smallest absolute Gasteiger partial charge is 0.0434 e. The fraction of sp³-hybridized carbons (Fsp3) is 0.0769. The van der Waals surface area contributed by atoms with Crippen LogP contribution in [0.3, 0.4) is 0 Å². The summed E-state index contributed by atoms with van der Waals surface area (Å²) in [6, 6.07) is 30.9. The Morgan fingerprint density at radius 1 is 0.556 bits per heavy atom. The van der Waals surface area contributed by atoms with Gasteiger partial charge in [0.05, 0.1) is 0 Å². The fourth-order valence-electron chi connectivity index (χ4n) is 3.76. The van der Waals surface area contributed by atoms with Crippen LogP contribution in [-0.4, -0.2) is 0 Å². The lowest BCUT2D eigenvalue weighted by Crippen LogP contribution is -1.83. The van der Waals surface area contributed by atoms with Crippen molar-refractivity contribution in [1.82, 2.24) is 0 Å². The maximum atomic E-state index is 2.37. The Balaban J connectivity index is 1.91. The van der Waals surface area contributed by atoms with Crippen molar-refractivity contribution >= 4 is 31.5 Å². The summed E-state index contributed by atoms with van der Waals surface area (Å²) < 4.78 is 2.75. The molecule has 0 saturated carbocycles. The van der Waals surface area contributed by atoms with E-state index in [0.29, 0.717) is 0 Å². The van der Waals surface area contributed by atoms with E-state index in [2.05, 4.69) is 98.8 Å². The molecule has 0 aliphatic heterocycles. The van der Waals surface area contributed by atoms with Gasteiger partial charge in [0.25, 0.3) is 0 Å². The van der Waals surface area contributed by atoms with E-state index in [0.717, 1.165) is 0 Å². The van der Waals surface area contributed by atoms with Gasteiger partial charge in [0.15, 0.2) is 0 Å². The molecule has 0 atom stereocenters. The average Bonchev–Trinajstić information content (AvgIpc) is 3.06. The van der Waals surface area contributed by atoms with Gasteiger partial charge in [0, 0.05) is 25.7 Å². The molecular weight excluding hydrogens is 344 g/mol. The Kier molecular flexibility index (Phi) is 3.84. The molecule has 0 radical (unpaired) electrons. The molecule has 0 spiro atoms. The quantitative estimate of drug-likeness (QED) is 0.297. The number of aryl methyl sites for hydroxylation is 2. The lowest BCUT2D eigenvalue weighted by atomic mass is 9.95. The second kappa shape index (κ2) is 6.37. The van der Waals surface area contributed by atoms with E-state index in [9.17, 15) is 0 Å². The second-order valence-corrected chi connectivity index (χ2v) is 8.22. The van der Waals surface area contributed by atoms with Crippen LogP contribution in [0.5, 0.6) is 0 Å². The largest absolute Gasteiger partial charge is 0.135 e. The topological polar surface area (TPSA) is 0 Å². The molecule has 0 bridgehead atoms. The molecule has 5 aromatic rings. The third-order valence-electron chi connectivity index (χ3n) is 5.38. The van der Waals surface area contributed by atoms with E-state index < -0.39 is 0 Å². The molecule has 0 amide bonds. The van der Waals surface area contributed by atoms with Crippen molar-refractivity contribution in [3.63, 3.8) is 0 Å². The molecular formula is C26H20S. The zero-order valence-electron chi connectivity index (χ0n) is 15.5. The summed E-state index contributed by atoms with van der Waals surface area (Å²) in [7, 11) is 0. The van der Waals surface area contributed by atoms with Crippen LogP contribution in [0, 0.1) is 13.8 Å². The van der Waals surface area contributed by atoms with Gasteiger partial charge in [-0.15, -0.1) is 11.3 Å². The van der Waals surface area contributed by atoms with Crippen LogP contribution in [0.4, 0.5) is 0 Å². The van der Waals surface area contributed by atoms with Crippen molar-refractivity contribution in [3.05, 3.63) is 96.1 Å². The van der Waals surface area contributed by atoms with E-state index in [1.165, 1.54) is 53.6 Å². The van der Waals surface area contributed by atoms with Crippen LogP contribution in [0.1, 0.15) is 11.1 Å². The Morgan fingerprint density at radius 2 is 1.19 bits per heavy atom. The van der Waals surface area contributed by atoms with Gasteiger partial charge in [-0.25, -0.2) is 0 Å². The molecule has 27 heavy (non-hydrogen) atoms.